The molecule has 0 aliphatic carbocycles. The number of nitrogens with one attached hydrogen (secondary N) is 2. The van der Waals surface area contributed by atoms with Gasteiger partial charge in [0.25, 0.3) is 0 Å². The fraction of sp³-hybridized carbons (Fsp3) is 0.455. The van der Waals surface area contributed by atoms with Gasteiger partial charge in [-0.2, -0.15) is 0 Å². The number of aromatic nitrogens is 1. The normalized spacial score (nSPS) is 19.2. The van der Waals surface area contributed by atoms with Crippen LogP contribution < -0.4 is 15.5 Å². The molecule has 0 saturated carbocycles. The third kappa shape index (κ3) is 7.28. The molecule has 2 aromatic rings. The second kappa shape index (κ2) is 12.3. The van der Waals surface area contributed by atoms with E-state index in [1.54, 1.807) is 0 Å². The maximum Gasteiger partial charge on any atom is 0.191 e. The molecule has 6 nitrogen and oxygen atoms in total. The van der Waals surface area contributed by atoms with Crippen molar-refractivity contribution in [3.63, 3.8) is 0 Å². The van der Waals surface area contributed by atoms with Crippen LogP contribution in [0.5, 0.6) is 0 Å². The minimum Gasteiger partial charge on any atom is -0.372 e. The van der Waals surface area contributed by atoms with E-state index >= 15 is 0 Å². The van der Waals surface area contributed by atoms with Crippen molar-refractivity contribution in [1.82, 2.24) is 15.6 Å². The summed E-state index contributed by atoms with van der Waals surface area (Å²) in [6.07, 6.45) is 2.34. The maximum atomic E-state index is 6.23. The number of benzene rings is 1. The maximum absolute atomic E-state index is 6.23. The smallest absolute Gasteiger partial charge is 0.191 e. The Morgan fingerprint density at radius 2 is 1.90 bits per heavy atom. The quantitative estimate of drug-likeness (QED) is 0.325. The van der Waals surface area contributed by atoms with Crippen LogP contribution in [0.3, 0.4) is 0 Å². The number of hydrogen-bond donors (Lipinski definition) is 2. The van der Waals surface area contributed by atoms with E-state index in [-0.39, 0.29) is 36.2 Å². The van der Waals surface area contributed by atoms with Crippen LogP contribution in [0.1, 0.15) is 31.9 Å². The number of nitrogens with zero attached hydrogens (tertiary/aromatic N) is 3. The summed E-state index contributed by atoms with van der Waals surface area (Å²) in [5.74, 6) is 1.75. The highest BCUT2D eigenvalue weighted by Crippen LogP contribution is 2.18. The molecule has 164 valence electrons. The molecule has 2 atom stereocenters. The molecule has 2 N–H and O–H groups in total. The highest BCUT2D eigenvalue weighted by molar-refractivity contribution is 14.0. The van der Waals surface area contributed by atoms with E-state index in [0.29, 0.717) is 13.1 Å². The van der Waals surface area contributed by atoms with Gasteiger partial charge in [0.2, 0.25) is 0 Å². The zero-order valence-electron chi connectivity index (χ0n) is 17.8. The number of rotatable bonds is 6. The molecule has 2 heterocycles. The molecule has 1 fully saturated rings. The van der Waals surface area contributed by atoms with Gasteiger partial charge in [0.05, 0.1) is 18.8 Å². The monoisotopic (exact) mass is 543 g/mol. The summed E-state index contributed by atoms with van der Waals surface area (Å²) in [5, 5.41) is 7.35. The van der Waals surface area contributed by atoms with Crippen molar-refractivity contribution in [2.24, 2.45) is 4.99 Å². The van der Waals surface area contributed by atoms with Crippen molar-refractivity contribution in [2.45, 2.75) is 46.1 Å². The van der Waals surface area contributed by atoms with Gasteiger partial charge in [-0.3, -0.25) is 0 Å². The van der Waals surface area contributed by atoms with E-state index in [1.807, 2.05) is 37.4 Å². The number of halogens is 2. The van der Waals surface area contributed by atoms with Crippen molar-refractivity contribution >= 4 is 47.4 Å². The Morgan fingerprint density at radius 3 is 2.53 bits per heavy atom. The third-order valence-corrected chi connectivity index (χ3v) is 5.09. The first-order valence-electron chi connectivity index (χ1n) is 10.2. The van der Waals surface area contributed by atoms with Gasteiger partial charge in [0.15, 0.2) is 5.96 Å². The molecule has 1 aliphatic rings. The summed E-state index contributed by atoms with van der Waals surface area (Å²) in [7, 11) is 0. The lowest BCUT2D eigenvalue weighted by atomic mass is 10.2. The lowest BCUT2D eigenvalue weighted by Crippen LogP contribution is -2.45. The van der Waals surface area contributed by atoms with Crippen LogP contribution in [0, 0.1) is 0 Å². The van der Waals surface area contributed by atoms with Gasteiger partial charge in [0, 0.05) is 37.4 Å². The summed E-state index contributed by atoms with van der Waals surface area (Å²) in [5.41, 5.74) is 2.11. The highest BCUT2D eigenvalue weighted by atomic mass is 127. The van der Waals surface area contributed by atoms with Gasteiger partial charge < -0.3 is 20.3 Å². The van der Waals surface area contributed by atoms with Crippen molar-refractivity contribution in [3.8, 4) is 0 Å². The summed E-state index contributed by atoms with van der Waals surface area (Å²) >= 11 is 6.23. The minimum atomic E-state index is 0. The second-order valence-electron chi connectivity index (χ2n) is 7.33. The molecule has 1 aromatic heterocycles. The van der Waals surface area contributed by atoms with Gasteiger partial charge >= 0.3 is 0 Å². The Labute approximate surface area is 201 Å². The molecule has 1 aromatic carbocycles. The molecule has 0 radical (unpaired) electrons. The topological polar surface area (TPSA) is 61.8 Å². The SMILES string of the molecule is CCNC(=NCc1ccc(N2CC(C)OC(C)C2)nc1)NCc1ccccc1Cl.I. The van der Waals surface area contributed by atoms with Crippen LogP contribution >= 0.6 is 35.6 Å². The average Bonchev–Trinajstić information content (AvgIpc) is 2.71. The molecule has 1 saturated heterocycles. The number of morpholine rings is 1. The summed E-state index contributed by atoms with van der Waals surface area (Å²) in [4.78, 5) is 11.6. The number of aliphatic imine (C=N–C) groups is 1. The fourth-order valence-corrected chi connectivity index (χ4v) is 3.60. The minimum absolute atomic E-state index is 0. The molecule has 8 heteroatoms. The Morgan fingerprint density at radius 1 is 1.17 bits per heavy atom. The first-order chi connectivity index (χ1) is 14.0. The number of hydrogen-bond acceptors (Lipinski definition) is 4. The third-order valence-electron chi connectivity index (χ3n) is 4.72. The van der Waals surface area contributed by atoms with E-state index in [9.17, 15) is 0 Å². The van der Waals surface area contributed by atoms with E-state index in [1.165, 1.54) is 0 Å². The largest absolute Gasteiger partial charge is 0.372 e. The van der Waals surface area contributed by atoms with Crippen LogP contribution in [0.15, 0.2) is 47.6 Å². The molecule has 30 heavy (non-hydrogen) atoms. The van der Waals surface area contributed by atoms with Crippen LogP contribution in [-0.4, -0.2) is 42.8 Å². The lowest BCUT2D eigenvalue weighted by Gasteiger charge is -2.36. The lowest BCUT2D eigenvalue weighted by molar-refractivity contribution is -0.00545. The molecule has 0 bridgehead atoms. The van der Waals surface area contributed by atoms with Crippen LogP contribution in [0.2, 0.25) is 5.02 Å². The molecule has 0 amide bonds. The molecule has 1 aliphatic heterocycles. The predicted molar refractivity (Wildman–Crippen MR) is 135 cm³/mol. The van der Waals surface area contributed by atoms with Crippen LogP contribution in [0.25, 0.3) is 0 Å². The summed E-state index contributed by atoms with van der Waals surface area (Å²) in [6, 6.07) is 12.0. The first kappa shape index (κ1) is 24.7. The van der Waals surface area contributed by atoms with Crippen LogP contribution in [0.4, 0.5) is 5.82 Å². The number of pyridine rings is 1. The van der Waals surface area contributed by atoms with Crippen LogP contribution in [-0.2, 0) is 17.8 Å². The number of anilines is 1. The van der Waals surface area contributed by atoms with Crippen molar-refractivity contribution in [2.75, 3.05) is 24.5 Å². The summed E-state index contributed by atoms with van der Waals surface area (Å²) in [6.45, 7) is 9.95. The number of guanidine groups is 1. The molecular weight excluding hydrogens is 513 g/mol. The summed E-state index contributed by atoms with van der Waals surface area (Å²) < 4.78 is 5.80. The Balaban J connectivity index is 0.00000320. The second-order valence-corrected chi connectivity index (χ2v) is 7.73. The van der Waals surface area contributed by atoms with Gasteiger partial charge in [-0.15, -0.1) is 24.0 Å². The molecule has 0 spiro atoms. The van der Waals surface area contributed by atoms with Gasteiger partial charge in [-0.1, -0.05) is 35.9 Å². The van der Waals surface area contributed by atoms with Crippen molar-refractivity contribution in [3.05, 3.63) is 58.7 Å². The average molecular weight is 544 g/mol. The van der Waals surface area contributed by atoms with E-state index in [4.69, 9.17) is 16.3 Å². The van der Waals surface area contributed by atoms with E-state index in [2.05, 4.69) is 51.5 Å². The van der Waals surface area contributed by atoms with Gasteiger partial charge in [-0.25, -0.2) is 9.98 Å². The Kier molecular flexibility index (Phi) is 10.1. The molecule has 3 rings (SSSR count). The molecular formula is C22H31ClIN5O. The van der Waals surface area contributed by atoms with E-state index < -0.39 is 0 Å². The molecule has 2 unspecified atom stereocenters. The highest BCUT2D eigenvalue weighted by Gasteiger charge is 2.22. The van der Waals surface area contributed by atoms with E-state index in [0.717, 1.165) is 47.6 Å². The predicted octanol–water partition coefficient (Wildman–Crippen LogP) is 4.22. The zero-order chi connectivity index (χ0) is 20.6. The zero-order valence-corrected chi connectivity index (χ0v) is 20.9. The van der Waals surface area contributed by atoms with Gasteiger partial charge in [-0.05, 0) is 44.0 Å². The van der Waals surface area contributed by atoms with Crippen molar-refractivity contribution in [1.29, 1.82) is 0 Å². The first-order valence-corrected chi connectivity index (χ1v) is 10.5. The fourth-order valence-electron chi connectivity index (χ4n) is 3.40. The van der Waals surface area contributed by atoms with Crippen molar-refractivity contribution < 1.29 is 4.74 Å². The number of ether oxygens (including phenoxy) is 1. The Hall–Kier alpha value is -1.58. The standard InChI is InChI=1S/C22H30ClN5O.HI/c1-4-24-22(27-13-19-7-5-6-8-20(19)23)26-12-18-9-10-21(25-11-18)28-14-16(2)29-17(3)15-28;/h5-11,16-17H,4,12-15H2,1-3H3,(H2,24,26,27);1H. The Bertz CT molecular complexity index is 807. The van der Waals surface area contributed by atoms with Gasteiger partial charge in [0.1, 0.15) is 5.82 Å².